The average Bonchev–Trinajstić information content (AvgIpc) is 3.15. The number of fused-ring (bicyclic) bond motifs is 1. The third kappa shape index (κ3) is 3.76. The van der Waals surface area contributed by atoms with Crippen LogP contribution >= 0.6 is 0 Å². The summed E-state index contributed by atoms with van der Waals surface area (Å²) < 4.78 is 0. The molecular weight excluding hydrogens is 348 g/mol. The van der Waals surface area contributed by atoms with Gasteiger partial charge in [0.15, 0.2) is 5.82 Å². The van der Waals surface area contributed by atoms with Crippen molar-refractivity contribution >= 4 is 22.6 Å². The molecule has 2 N–H and O–H groups in total. The number of hydrogen-bond acceptors (Lipinski definition) is 3. The molecule has 136 valence electrons. The van der Waals surface area contributed by atoms with Crippen LogP contribution in [0.25, 0.3) is 22.0 Å². The lowest BCUT2D eigenvalue weighted by atomic mass is 10.0. The van der Waals surface area contributed by atoms with Crippen LogP contribution < -0.4 is 5.32 Å². The molecule has 5 nitrogen and oxygen atoms in total. The summed E-state index contributed by atoms with van der Waals surface area (Å²) in [4.78, 5) is 12.3. The summed E-state index contributed by atoms with van der Waals surface area (Å²) in [6.45, 7) is 0. The van der Waals surface area contributed by atoms with Crippen LogP contribution in [0.2, 0.25) is 0 Å². The molecule has 1 heterocycles. The van der Waals surface area contributed by atoms with E-state index in [1.807, 2.05) is 66.7 Å². The molecule has 0 spiro atoms. The minimum Gasteiger partial charge on any atom is -0.309 e. The van der Waals surface area contributed by atoms with Crippen LogP contribution in [0.3, 0.4) is 0 Å². The van der Waals surface area contributed by atoms with Crippen molar-refractivity contribution in [3.8, 4) is 17.2 Å². The van der Waals surface area contributed by atoms with Crippen molar-refractivity contribution in [2.24, 2.45) is 0 Å². The highest BCUT2D eigenvalue weighted by Gasteiger charge is 2.11. The first kappa shape index (κ1) is 17.5. The van der Waals surface area contributed by atoms with E-state index in [-0.39, 0.29) is 5.91 Å². The van der Waals surface area contributed by atoms with Gasteiger partial charge in [0.1, 0.15) is 0 Å². The summed E-state index contributed by atoms with van der Waals surface area (Å²) in [5.41, 5.74) is 4.53. The van der Waals surface area contributed by atoms with Crippen LogP contribution in [0.4, 0.5) is 5.82 Å². The zero-order valence-corrected chi connectivity index (χ0v) is 15.1. The number of H-pyrrole nitrogens is 1. The molecule has 0 bridgehead atoms. The van der Waals surface area contributed by atoms with Gasteiger partial charge in [0.25, 0.3) is 0 Å². The van der Waals surface area contributed by atoms with Gasteiger partial charge in [-0.2, -0.15) is 10.4 Å². The molecule has 0 aliphatic rings. The van der Waals surface area contributed by atoms with E-state index in [4.69, 9.17) is 5.26 Å². The maximum Gasteiger partial charge on any atom is 0.225 e. The van der Waals surface area contributed by atoms with E-state index in [0.29, 0.717) is 24.2 Å². The van der Waals surface area contributed by atoms with Gasteiger partial charge in [-0.15, -0.1) is 0 Å². The Balaban J connectivity index is 1.50. The molecule has 5 heteroatoms. The normalized spacial score (nSPS) is 10.5. The van der Waals surface area contributed by atoms with E-state index < -0.39 is 0 Å². The Morgan fingerprint density at radius 1 is 1.00 bits per heavy atom. The number of carbonyl (C=O) groups excluding carboxylic acids is 1. The standard InChI is InChI=1S/C23H18N4O/c24-15-17-7-4-8-18(13-17)19-10-11-20-21(14-19)26-27-23(20)25-22(28)12-9-16-5-2-1-3-6-16/h1-8,10-11,13-14H,9,12H2,(H2,25,26,27,28). The molecule has 0 radical (unpaired) electrons. The molecule has 0 aliphatic heterocycles. The number of anilines is 1. The number of benzene rings is 3. The van der Waals surface area contributed by atoms with Gasteiger partial charge >= 0.3 is 0 Å². The fourth-order valence-electron chi connectivity index (χ4n) is 3.16. The Bertz CT molecular complexity index is 1170. The predicted molar refractivity (Wildman–Crippen MR) is 110 cm³/mol. The number of aromatic nitrogens is 2. The van der Waals surface area contributed by atoms with Gasteiger partial charge in [-0.25, -0.2) is 0 Å². The highest BCUT2D eigenvalue weighted by molar-refractivity contribution is 6.00. The lowest BCUT2D eigenvalue weighted by Crippen LogP contribution is -2.12. The monoisotopic (exact) mass is 366 g/mol. The van der Waals surface area contributed by atoms with E-state index in [0.717, 1.165) is 27.6 Å². The van der Waals surface area contributed by atoms with Crippen LogP contribution in [0.1, 0.15) is 17.5 Å². The number of amides is 1. The number of nitrogens with one attached hydrogen (secondary N) is 2. The lowest BCUT2D eigenvalue weighted by molar-refractivity contribution is -0.116. The fraction of sp³-hybridized carbons (Fsp3) is 0.0870. The van der Waals surface area contributed by atoms with E-state index in [1.54, 1.807) is 6.07 Å². The highest BCUT2D eigenvalue weighted by Crippen LogP contribution is 2.27. The molecule has 1 aromatic heterocycles. The molecule has 3 aromatic carbocycles. The van der Waals surface area contributed by atoms with Crippen molar-refractivity contribution in [3.63, 3.8) is 0 Å². The van der Waals surface area contributed by atoms with Gasteiger partial charge in [-0.05, 0) is 47.4 Å². The molecule has 4 aromatic rings. The number of nitrogens with zero attached hydrogens (tertiary/aromatic N) is 2. The maximum atomic E-state index is 12.3. The van der Waals surface area contributed by atoms with Crippen LogP contribution in [-0.2, 0) is 11.2 Å². The number of aromatic amines is 1. The van der Waals surface area contributed by atoms with Crippen molar-refractivity contribution in [2.75, 3.05) is 5.32 Å². The quantitative estimate of drug-likeness (QED) is 0.538. The molecule has 28 heavy (non-hydrogen) atoms. The lowest BCUT2D eigenvalue weighted by Gasteiger charge is -2.04. The van der Waals surface area contributed by atoms with E-state index in [2.05, 4.69) is 21.6 Å². The molecule has 0 saturated carbocycles. The maximum absolute atomic E-state index is 12.3. The molecule has 0 fully saturated rings. The highest BCUT2D eigenvalue weighted by atomic mass is 16.1. The molecule has 0 atom stereocenters. The first-order valence-corrected chi connectivity index (χ1v) is 9.05. The minimum absolute atomic E-state index is 0.0666. The Kier molecular flexibility index (Phi) is 4.85. The van der Waals surface area contributed by atoms with Crippen molar-refractivity contribution in [1.29, 1.82) is 5.26 Å². The van der Waals surface area contributed by atoms with Crippen molar-refractivity contribution < 1.29 is 4.79 Å². The first-order chi connectivity index (χ1) is 13.7. The molecule has 0 saturated heterocycles. The Morgan fingerprint density at radius 3 is 2.64 bits per heavy atom. The van der Waals surface area contributed by atoms with Crippen LogP contribution in [0, 0.1) is 11.3 Å². The predicted octanol–water partition coefficient (Wildman–Crippen LogP) is 4.67. The summed E-state index contributed by atoms with van der Waals surface area (Å²) in [6.07, 6.45) is 1.09. The van der Waals surface area contributed by atoms with Gasteiger partial charge in [0.2, 0.25) is 5.91 Å². The topological polar surface area (TPSA) is 81.6 Å². The molecule has 1 amide bonds. The number of aryl methyl sites for hydroxylation is 1. The molecular formula is C23H18N4O. The Morgan fingerprint density at radius 2 is 1.82 bits per heavy atom. The number of nitriles is 1. The summed E-state index contributed by atoms with van der Waals surface area (Å²) in [5, 5.41) is 20.0. The van der Waals surface area contributed by atoms with E-state index in [1.165, 1.54) is 0 Å². The van der Waals surface area contributed by atoms with Gasteiger partial charge in [0.05, 0.1) is 17.1 Å². The third-order valence-electron chi connectivity index (χ3n) is 4.63. The van der Waals surface area contributed by atoms with Gasteiger partial charge in [-0.1, -0.05) is 48.5 Å². The zero-order valence-electron chi connectivity index (χ0n) is 15.1. The zero-order chi connectivity index (χ0) is 19.3. The van der Waals surface area contributed by atoms with Gasteiger partial charge in [0, 0.05) is 11.8 Å². The fourth-order valence-corrected chi connectivity index (χ4v) is 3.16. The summed E-state index contributed by atoms with van der Waals surface area (Å²) in [7, 11) is 0. The molecule has 0 aliphatic carbocycles. The van der Waals surface area contributed by atoms with Crippen molar-refractivity contribution in [2.45, 2.75) is 12.8 Å². The number of carbonyl (C=O) groups is 1. The smallest absolute Gasteiger partial charge is 0.225 e. The largest absolute Gasteiger partial charge is 0.309 e. The van der Waals surface area contributed by atoms with Crippen molar-refractivity contribution in [3.05, 3.63) is 83.9 Å². The van der Waals surface area contributed by atoms with Crippen LogP contribution in [-0.4, -0.2) is 16.1 Å². The van der Waals surface area contributed by atoms with E-state index >= 15 is 0 Å². The summed E-state index contributed by atoms with van der Waals surface area (Å²) in [5.74, 6) is 0.466. The molecule has 4 rings (SSSR count). The van der Waals surface area contributed by atoms with Crippen molar-refractivity contribution in [1.82, 2.24) is 10.2 Å². The van der Waals surface area contributed by atoms with Gasteiger partial charge < -0.3 is 5.32 Å². The first-order valence-electron chi connectivity index (χ1n) is 9.05. The minimum atomic E-state index is -0.0666. The second-order valence-electron chi connectivity index (χ2n) is 6.56. The second-order valence-corrected chi connectivity index (χ2v) is 6.56. The molecule has 0 unspecified atom stereocenters. The number of hydrogen-bond donors (Lipinski definition) is 2. The average molecular weight is 366 g/mol. The summed E-state index contributed by atoms with van der Waals surface area (Å²) in [6, 6.07) is 25.4. The van der Waals surface area contributed by atoms with Gasteiger partial charge in [-0.3, -0.25) is 9.89 Å². The third-order valence-corrected chi connectivity index (χ3v) is 4.63. The SMILES string of the molecule is N#Cc1cccc(-c2ccc3c(NC(=O)CCc4ccccc4)n[nH]c3c2)c1. The van der Waals surface area contributed by atoms with Crippen LogP contribution in [0.15, 0.2) is 72.8 Å². The van der Waals surface area contributed by atoms with Crippen LogP contribution in [0.5, 0.6) is 0 Å². The Labute approximate surface area is 162 Å². The number of rotatable bonds is 5. The second kappa shape index (κ2) is 7.77. The van der Waals surface area contributed by atoms with E-state index in [9.17, 15) is 4.79 Å². The summed E-state index contributed by atoms with van der Waals surface area (Å²) >= 11 is 0. The Hall–Kier alpha value is -3.91.